The quantitative estimate of drug-likeness (QED) is 0.714. The van der Waals surface area contributed by atoms with Crippen molar-refractivity contribution in [3.63, 3.8) is 0 Å². The highest BCUT2D eigenvalue weighted by Gasteiger charge is 2.16. The van der Waals surface area contributed by atoms with E-state index in [1.165, 1.54) is 4.80 Å². The van der Waals surface area contributed by atoms with Crippen LogP contribution in [0.5, 0.6) is 0 Å². The zero-order valence-electron chi connectivity index (χ0n) is 7.88. The van der Waals surface area contributed by atoms with Gasteiger partial charge in [0.25, 0.3) is 0 Å². The zero-order chi connectivity index (χ0) is 10.8. The lowest BCUT2D eigenvalue weighted by Gasteiger charge is -1.97. The number of halogens is 1. The lowest BCUT2D eigenvalue weighted by molar-refractivity contribution is 0.102. The Bertz CT molecular complexity index is 508. The van der Waals surface area contributed by atoms with E-state index in [2.05, 4.69) is 15.4 Å². The van der Waals surface area contributed by atoms with E-state index in [4.69, 9.17) is 11.6 Å². The first-order chi connectivity index (χ1) is 7.18. The molecule has 0 aliphatic rings. The number of nitrogens with zero attached hydrogens (tertiary/aromatic N) is 4. The van der Waals surface area contributed by atoms with Gasteiger partial charge in [-0.1, -0.05) is 23.7 Å². The maximum absolute atomic E-state index is 11.8. The lowest BCUT2D eigenvalue weighted by atomic mass is 10.1. The number of tetrazole rings is 1. The fourth-order valence-corrected chi connectivity index (χ4v) is 1.36. The Morgan fingerprint density at radius 2 is 2.13 bits per heavy atom. The third-order valence-corrected chi connectivity index (χ3v) is 2.16. The van der Waals surface area contributed by atoms with Gasteiger partial charge in [0.2, 0.25) is 11.6 Å². The second-order valence-electron chi connectivity index (χ2n) is 2.91. The van der Waals surface area contributed by atoms with Crippen LogP contribution in [0.25, 0.3) is 0 Å². The van der Waals surface area contributed by atoms with Crippen LogP contribution in [-0.4, -0.2) is 26.0 Å². The second-order valence-corrected chi connectivity index (χ2v) is 3.32. The van der Waals surface area contributed by atoms with Gasteiger partial charge in [0, 0.05) is 5.56 Å². The van der Waals surface area contributed by atoms with Gasteiger partial charge in [-0.15, -0.1) is 10.2 Å². The first-order valence-electron chi connectivity index (χ1n) is 4.21. The molecule has 0 radical (unpaired) electrons. The summed E-state index contributed by atoms with van der Waals surface area (Å²) in [5.74, 6) is -0.278. The third-order valence-electron chi connectivity index (χ3n) is 1.83. The molecule has 0 bridgehead atoms. The minimum absolute atomic E-state index is 0.0469. The fraction of sp³-hybridized carbons (Fsp3) is 0.111. The van der Waals surface area contributed by atoms with Gasteiger partial charge in [-0.3, -0.25) is 4.79 Å². The van der Waals surface area contributed by atoms with Crippen LogP contribution >= 0.6 is 11.6 Å². The number of carbonyl (C=O) groups is 1. The lowest BCUT2D eigenvalue weighted by Crippen LogP contribution is -2.05. The summed E-state index contributed by atoms with van der Waals surface area (Å²) in [5.41, 5.74) is 0.382. The number of hydrogen-bond donors (Lipinski definition) is 0. The summed E-state index contributed by atoms with van der Waals surface area (Å²) in [6.07, 6.45) is 0. The molecule has 0 unspecified atom stereocenters. The first kappa shape index (κ1) is 9.79. The molecule has 5 nitrogen and oxygen atoms in total. The molecule has 0 saturated heterocycles. The Balaban J connectivity index is 2.41. The van der Waals surface area contributed by atoms with Crippen LogP contribution in [0.4, 0.5) is 0 Å². The molecule has 6 heteroatoms. The van der Waals surface area contributed by atoms with Crippen molar-refractivity contribution in [3.05, 3.63) is 40.7 Å². The maximum Gasteiger partial charge on any atom is 0.245 e. The first-order valence-corrected chi connectivity index (χ1v) is 4.59. The Morgan fingerprint density at radius 1 is 1.40 bits per heavy atom. The molecule has 0 N–H and O–H groups in total. The molecule has 0 fully saturated rings. The number of aryl methyl sites for hydroxylation is 1. The smallest absolute Gasteiger partial charge is 0.245 e. The molecule has 1 aromatic carbocycles. The average Bonchev–Trinajstić information content (AvgIpc) is 2.65. The van der Waals surface area contributed by atoms with E-state index < -0.39 is 0 Å². The van der Waals surface area contributed by atoms with Crippen LogP contribution in [0.1, 0.15) is 16.2 Å². The van der Waals surface area contributed by atoms with Crippen molar-refractivity contribution in [3.8, 4) is 0 Å². The topological polar surface area (TPSA) is 60.7 Å². The van der Waals surface area contributed by atoms with Crippen molar-refractivity contribution in [2.24, 2.45) is 7.05 Å². The molecule has 0 aliphatic carbocycles. The normalized spacial score (nSPS) is 10.3. The molecular formula is C9H7ClN4O. The monoisotopic (exact) mass is 222 g/mol. The highest BCUT2D eigenvalue weighted by molar-refractivity contribution is 6.34. The molecule has 0 spiro atoms. The van der Waals surface area contributed by atoms with E-state index >= 15 is 0 Å². The largest absolute Gasteiger partial charge is 0.285 e. The summed E-state index contributed by atoms with van der Waals surface area (Å²) < 4.78 is 0. The molecule has 1 heterocycles. The second kappa shape index (κ2) is 3.78. The van der Waals surface area contributed by atoms with Gasteiger partial charge in [0.05, 0.1) is 12.1 Å². The zero-order valence-corrected chi connectivity index (χ0v) is 8.64. The van der Waals surface area contributed by atoms with Crippen LogP contribution in [0.2, 0.25) is 5.02 Å². The van der Waals surface area contributed by atoms with Crippen molar-refractivity contribution in [2.45, 2.75) is 0 Å². The van der Waals surface area contributed by atoms with E-state index in [-0.39, 0.29) is 11.6 Å². The van der Waals surface area contributed by atoms with Crippen molar-refractivity contribution in [1.29, 1.82) is 0 Å². The van der Waals surface area contributed by atoms with Crippen molar-refractivity contribution < 1.29 is 4.79 Å². The molecule has 0 amide bonds. The van der Waals surface area contributed by atoms with Crippen LogP contribution in [0, 0.1) is 0 Å². The van der Waals surface area contributed by atoms with Crippen molar-refractivity contribution in [1.82, 2.24) is 20.2 Å². The van der Waals surface area contributed by atoms with Crippen LogP contribution in [0.15, 0.2) is 24.3 Å². The van der Waals surface area contributed by atoms with Gasteiger partial charge in [0.15, 0.2) is 0 Å². The molecule has 0 saturated carbocycles. The van der Waals surface area contributed by atoms with E-state index in [9.17, 15) is 4.79 Å². The summed E-state index contributed by atoms with van der Waals surface area (Å²) in [6, 6.07) is 6.75. The molecular weight excluding hydrogens is 216 g/mol. The van der Waals surface area contributed by atoms with Gasteiger partial charge < -0.3 is 0 Å². The highest BCUT2D eigenvalue weighted by Crippen LogP contribution is 2.16. The molecule has 76 valence electrons. The highest BCUT2D eigenvalue weighted by atomic mass is 35.5. The molecule has 1 aromatic heterocycles. The van der Waals surface area contributed by atoms with E-state index in [1.54, 1.807) is 31.3 Å². The molecule has 2 aromatic rings. The van der Waals surface area contributed by atoms with Gasteiger partial charge >= 0.3 is 0 Å². The van der Waals surface area contributed by atoms with Crippen LogP contribution in [0.3, 0.4) is 0 Å². The Morgan fingerprint density at radius 3 is 2.73 bits per heavy atom. The molecule has 0 atom stereocenters. The van der Waals surface area contributed by atoms with Crippen LogP contribution < -0.4 is 0 Å². The average molecular weight is 223 g/mol. The van der Waals surface area contributed by atoms with Gasteiger partial charge in [0.1, 0.15) is 0 Å². The molecule has 15 heavy (non-hydrogen) atoms. The van der Waals surface area contributed by atoms with E-state index in [0.717, 1.165) is 0 Å². The number of aromatic nitrogens is 4. The van der Waals surface area contributed by atoms with Crippen molar-refractivity contribution >= 4 is 17.4 Å². The number of hydrogen-bond acceptors (Lipinski definition) is 4. The fourth-order valence-electron chi connectivity index (χ4n) is 1.14. The predicted molar refractivity (Wildman–Crippen MR) is 53.7 cm³/mol. The minimum Gasteiger partial charge on any atom is -0.285 e. The Labute approximate surface area is 90.7 Å². The van der Waals surface area contributed by atoms with E-state index in [1.807, 2.05) is 0 Å². The third kappa shape index (κ3) is 1.87. The molecule has 0 aliphatic heterocycles. The maximum atomic E-state index is 11.8. The van der Waals surface area contributed by atoms with Gasteiger partial charge in [-0.25, -0.2) is 0 Å². The van der Waals surface area contributed by atoms with Gasteiger partial charge in [-0.2, -0.15) is 4.80 Å². The number of rotatable bonds is 2. The summed E-state index contributed by atoms with van der Waals surface area (Å²) in [4.78, 5) is 13.0. The standard InChI is InChI=1S/C9H7ClN4O/c1-14-12-9(11-13-14)8(15)6-4-2-3-5-7(6)10/h2-5H,1H3. The Hall–Kier alpha value is -1.75. The SMILES string of the molecule is Cn1nnc(C(=O)c2ccccc2Cl)n1. The summed E-state index contributed by atoms with van der Waals surface area (Å²) in [6.45, 7) is 0. The summed E-state index contributed by atoms with van der Waals surface area (Å²) in [7, 11) is 1.59. The van der Waals surface area contributed by atoms with E-state index in [0.29, 0.717) is 10.6 Å². The minimum atomic E-state index is -0.325. The van der Waals surface area contributed by atoms with Gasteiger partial charge in [-0.05, 0) is 17.3 Å². The molecule has 2 rings (SSSR count). The van der Waals surface area contributed by atoms with Crippen molar-refractivity contribution in [2.75, 3.05) is 0 Å². The number of carbonyl (C=O) groups excluding carboxylic acids is 1. The Kier molecular flexibility index (Phi) is 2.47. The predicted octanol–water partition coefficient (Wildman–Crippen LogP) is 1.09. The summed E-state index contributed by atoms with van der Waals surface area (Å²) in [5, 5.41) is 11.4. The summed E-state index contributed by atoms with van der Waals surface area (Å²) >= 11 is 5.87. The van der Waals surface area contributed by atoms with Crippen LogP contribution in [-0.2, 0) is 7.05 Å². The number of ketones is 1. The number of benzene rings is 1.